The van der Waals surface area contributed by atoms with Gasteiger partial charge in [-0.1, -0.05) is 26.8 Å². The smallest absolute Gasteiger partial charge is 0.246 e. The molecule has 0 saturated carbocycles. The van der Waals surface area contributed by atoms with Crippen LogP contribution in [0.3, 0.4) is 0 Å². The van der Waals surface area contributed by atoms with E-state index in [2.05, 4.69) is 63.6 Å². The fourth-order valence-electron chi connectivity index (χ4n) is 3.54. The van der Waals surface area contributed by atoms with Crippen molar-refractivity contribution in [1.82, 2.24) is 24.7 Å². The highest BCUT2D eigenvalue weighted by molar-refractivity contribution is 6.03. The second-order valence-electron chi connectivity index (χ2n) is 9.31. The molecule has 0 unspecified atom stereocenters. The van der Waals surface area contributed by atoms with Crippen molar-refractivity contribution in [2.75, 3.05) is 22.6 Å². The molecule has 0 bridgehead atoms. The van der Waals surface area contributed by atoms with Crippen LogP contribution in [0.5, 0.6) is 0 Å². The summed E-state index contributed by atoms with van der Waals surface area (Å²) in [7, 11) is 1.87. The van der Waals surface area contributed by atoms with Gasteiger partial charge in [-0.05, 0) is 25.5 Å². The number of fused-ring (bicyclic) bond motifs is 1. The van der Waals surface area contributed by atoms with E-state index in [0.717, 1.165) is 22.5 Å². The Bertz CT molecular complexity index is 1130. The molecule has 1 atom stereocenters. The van der Waals surface area contributed by atoms with Crippen LogP contribution in [0.15, 0.2) is 30.7 Å². The Morgan fingerprint density at radius 3 is 2.62 bits per heavy atom. The van der Waals surface area contributed by atoms with Crippen LogP contribution in [0.2, 0.25) is 0 Å². The average molecular weight is 435 g/mol. The van der Waals surface area contributed by atoms with Crippen LogP contribution in [-0.2, 0) is 23.3 Å². The molecule has 1 aliphatic rings. The van der Waals surface area contributed by atoms with E-state index in [0.29, 0.717) is 30.5 Å². The summed E-state index contributed by atoms with van der Waals surface area (Å²) in [5.74, 6) is 1.18. The maximum atomic E-state index is 12.1. The van der Waals surface area contributed by atoms with Crippen molar-refractivity contribution in [3.05, 3.63) is 53.2 Å². The molecule has 9 heteroatoms. The Hall–Kier alpha value is -3.49. The normalized spacial score (nSPS) is 16.0. The van der Waals surface area contributed by atoms with E-state index < -0.39 is 0 Å². The third kappa shape index (κ3) is 4.42. The quantitative estimate of drug-likeness (QED) is 0.636. The zero-order valence-electron chi connectivity index (χ0n) is 19.5. The maximum absolute atomic E-state index is 12.1. The number of pyridine rings is 1. The van der Waals surface area contributed by atoms with E-state index in [1.54, 1.807) is 0 Å². The highest BCUT2D eigenvalue weighted by atomic mass is 16.2. The molecule has 0 aromatic carbocycles. The van der Waals surface area contributed by atoms with Crippen LogP contribution in [0.1, 0.15) is 50.2 Å². The van der Waals surface area contributed by atoms with Gasteiger partial charge in [-0.3, -0.25) is 14.5 Å². The highest BCUT2D eigenvalue weighted by Gasteiger charge is 2.30. The number of aryl methyl sites for hydroxylation is 1. The predicted molar refractivity (Wildman–Crippen MR) is 125 cm³/mol. The summed E-state index contributed by atoms with van der Waals surface area (Å²) < 4.78 is 1.90. The number of hydrogen-bond donors (Lipinski definition) is 2. The van der Waals surface area contributed by atoms with Crippen LogP contribution in [0.25, 0.3) is 0 Å². The van der Waals surface area contributed by atoms with Gasteiger partial charge in [0.15, 0.2) is 5.82 Å². The number of likely N-dealkylation sites (N-methyl/N-ethyl adjacent to an activating group) is 1. The molecule has 4 heterocycles. The molecule has 4 rings (SSSR count). The first kappa shape index (κ1) is 21.7. The van der Waals surface area contributed by atoms with Crippen molar-refractivity contribution in [2.45, 2.75) is 59.2 Å². The summed E-state index contributed by atoms with van der Waals surface area (Å²) in [5.41, 5.74) is 4.64. The lowest BCUT2D eigenvalue weighted by atomic mass is 9.91. The minimum atomic E-state index is -0.283. The van der Waals surface area contributed by atoms with Gasteiger partial charge in [0.25, 0.3) is 0 Å². The number of rotatable bonds is 5. The number of anilines is 3. The monoisotopic (exact) mass is 434 g/mol. The molecule has 0 fully saturated rings. The summed E-state index contributed by atoms with van der Waals surface area (Å²) >= 11 is 0. The van der Waals surface area contributed by atoms with Crippen molar-refractivity contribution < 1.29 is 4.79 Å². The Kier molecular flexibility index (Phi) is 5.58. The molecule has 0 saturated heterocycles. The number of amides is 1. The zero-order chi connectivity index (χ0) is 23.0. The number of carbonyl (C=O) groups excluding carboxylic acids is 1. The molecule has 0 spiro atoms. The van der Waals surface area contributed by atoms with Gasteiger partial charge in [-0.2, -0.15) is 10.1 Å². The molecular formula is C23H30N8O. The van der Waals surface area contributed by atoms with Gasteiger partial charge in [-0.15, -0.1) is 0 Å². The Morgan fingerprint density at radius 2 is 1.94 bits per heavy atom. The number of aromatic nitrogens is 5. The first-order valence-corrected chi connectivity index (χ1v) is 10.7. The Morgan fingerprint density at radius 1 is 1.16 bits per heavy atom. The fourth-order valence-corrected chi connectivity index (χ4v) is 3.54. The van der Waals surface area contributed by atoms with Crippen LogP contribution >= 0.6 is 0 Å². The second-order valence-corrected chi connectivity index (χ2v) is 9.31. The van der Waals surface area contributed by atoms with E-state index in [4.69, 9.17) is 0 Å². The van der Waals surface area contributed by atoms with Crippen LogP contribution < -0.4 is 15.5 Å². The molecule has 0 radical (unpaired) electrons. The number of nitrogens with one attached hydrogen (secondary N) is 2. The Labute approximate surface area is 188 Å². The molecule has 9 nitrogen and oxygen atoms in total. The van der Waals surface area contributed by atoms with E-state index in [1.165, 1.54) is 0 Å². The molecular weight excluding hydrogens is 404 g/mol. The Balaban J connectivity index is 1.42. The number of carbonyl (C=O) groups is 1. The minimum absolute atomic E-state index is 0.0403. The third-order valence-electron chi connectivity index (χ3n) is 5.69. The summed E-state index contributed by atoms with van der Waals surface area (Å²) in [4.78, 5) is 27.6. The molecule has 1 amide bonds. The van der Waals surface area contributed by atoms with Crippen LogP contribution in [0, 0.1) is 6.92 Å². The molecule has 3 aromatic heterocycles. The minimum Gasteiger partial charge on any atom is -0.350 e. The van der Waals surface area contributed by atoms with Crippen molar-refractivity contribution in [1.29, 1.82) is 0 Å². The largest absolute Gasteiger partial charge is 0.350 e. The van der Waals surface area contributed by atoms with Crippen LogP contribution in [0.4, 0.5) is 17.5 Å². The molecule has 168 valence electrons. The van der Waals surface area contributed by atoms with Gasteiger partial charge in [0.2, 0.25) is 11.9 Å². The van der Waals surface area contributed by atoms with Crippen molar-refractivity contribution in [2.24, 2.45) is 0 Å². The lowest BCUT2D eigenvalue weighted by Crippen LogP contribution is -2.44. The molecule has 2 N–H and O–H groups in total. The standard InChI is InChI=1S/C23H30N8O/c1-14-19-20(30(6)15(2)21(32)28-19)29-22(27-14)25-10-17-11-26-31(13-17)12-16-7-8-18(24-9-16)23(3,4)5/h7-9,11,13,15H,10,12H2,1-6H3,(H,28,32)(H,25,27,29)/t15-/m0/s1. The molecule has 0 aliphatic carbocycles. The number of nitrogens with zero attached hydrogens (tertiary/aromatic N) is 6. The van der Waals surface area contributed by atoms with E-state index in [9.17, 15) is 4.79 Å². The maximum Gasteiger partial charge on any atom is 0.246 e. The van der Waals surface area contributed by atoms with Gasteiger partial charge in [0, 0.05) is 42.7 Å². The summed E-state index contributed by atoms with van der Waals surface area (Å²) in [6.45, 7) is 11.4. The van der Waals surface area contributed by atoms with Gasteiger partial charge >= 0.3 is 0 Å². The van der Waals surface area contributed by atoms with E-state index >= 15 is 0 Å². The summed E-state index contributed by atoms with van der Waals surface area (Å²) in [5, 5.41) is 10.6. The number of hydrogen-bond acceptors (Lipinski definition) is 7. The van der Waals surface area contributed by atoms with Crippen molar-refractivity contribution in [3.63, 3.8) is 0 Å². The van der Waals surface area contributed by atoms with Gasteiger partial charge in [0.05, 0.1) is 18.4 Å². The first-order chi connectivity index (χ1) is 15.1. The average Bonchev–Trinajstić information content (AvgIpc) is 3.18. The highest BCUT2D eigenvalue weighted by Crippen LogP contribution is 2.32. The summed E-state index contributed by atoms with van der Waals surface area (Å²) in [6, 6.07) is 3.90. The first-order valence-electron chi connectivity index (χ1n) is 10.7. The predicted octanol–water partition coefficient (Wildman–Crippen LogP) is 3.11. The zero-order valence-corrected chi connectivity index (χ0v) is 19.5. The van der Waals surface area contributed by atoms with E-state index in [1.807, 2.05) is 49.1 Å². The van der Waals surface area contributed by atoms with Gasteiger partial charge in [0.1, 0.15) is 11.7 Å². The lowest BCUT2D eigenvalue weighted by molar-refractivity contribution is -0.117. The topological polar surface area (TPSA) is 101 Å². The fraction of sp³-hybridized carbons (Fsp3) is 0.435. The van der Waals surface area contributed by atoms with Crippen LogP contribution in [-0.4, -0.2) is 43.7 Å². The third-order valence-corrected chi connectivity index (χ3v) is 5.69. The summed E-state index contributed by atoms with van der Waals surface area (Å²) in [6.07, 6.45) is 5.76. The molecule has 3 aromatic rings. The molecule has 32 heavy (non-hydrogen) atoms. The second kappa shape index (κ2) is 8.22. The van der Waals surface area contributed by atoms with Gasteiger partial charge in [-0.25, -0.2) is 4.98 Å². The van der Waals surface area contributed by atoms with E-state index in [-0.39, 0.29) is 17.4 Å². The molecule has 1 aliphatic heterocycles. The van der Waals surface area contributed by atoms with Crippen molar-refractivity contribution >= 4 is 23.4 Å². The lowest BCUT2D eigenvalue weighted by Gasteiger charge is -2.32. The SMILES string of the molecule is Cc1nc(NCc2cnn(Cc3ccc(C(C)(C)C)nc3)c2)nc2c1NC(=O)[C@H](C)N2C. The van der Waals surface area contributed by atoms with Gasteiger partial charge < -0.3 is 15.5 Å². The van der Waals surface area contributed by atoms with Crippen molar-refractivity contribution in [3.8, 4) is 0 Å².